The van der Waals surface area contributed by atoms with E-state index in [1.54, 1.807) is 18.2 Å². The second-order valence-corrected chi connectivity index (χ2v) is 10.5. The third-order valence-corrected chi connectivity index (χ3v) is 8.20. The van der Waals surface area contributed by atoms with Crippen LogP contribution in [0.1, 0.15) is 17.3 Å². The minimum atomic E-state index is -3.69. The van der Waals surface area contributed by atoms with Crippen LogP contribution in [0.2, 0.25) is 5.02 Å². The van der Waals surface area contributed by atoms with Crippen molar-refractivity contribution in [3.8, 4) is 0 Å². The van der Waals surface area contributed by atoms with E-state index in [4.69, 9.17) is 16.3 Å². The third-order valence-electron chi connectivity index (χ3n) is 6.07. The van der Waals surface area contributed by atoms with Crippen LogP contribution in [0, 0.1) is 0 Å². The molecule has 2 aromatic carbocycles. The van der Waals surface area contributed by atoms with Gasteiger partial charge in [-0.05, 0) is 42.9 Å². The van der Waals surface area contributed by atoms with Gasteiger partial charge in [-0.1, -0.05) is 24.6 Å². The number of carbonyl (C=O) groups excluding carboxylic acids is 1. The fraction of sp³-hybridized carbons (Fsp3) is 0.435. The van der Waals surface area contributed by atoms with E-state index in [0.29, 0.717) is 37.0 Å². The zero-order valence-electron chi connectivity index (χ0n) is 18.7. The SMILES string of the molecule is CCN1CCN(c2ccc(Cl)cc2NC(=O)c2cccc(S(=O)(=O)N3CCOCC3)c2)CC1. The molecule has 0 unspecified atom stereocenters. The van der Waals surface area contributed by atoms with Crippen molar-refractivity contribution in [3.63, 3.8) is 0 Å². The quantitative estimate of drug-likeness (QED) is 0.667. The van der Waals surface area contributed by atoms with Gasteiger partial charge in [-0.25, -0.2) is 8.42 Å². The molecule has 0 aromatic heterocycles. The maximum absolute atomic E-state index is 13.1. The molecule has 2 heterocycles. The van der Waals surface area contributed by atoms with Gasteiger partial charge in [0.25, 0.3) is 5.91 Å². The molecule has 2 aromatic rings. The second kappa shape index (κ2) is 10.4. The third kappa shape index (κ3) is 5.50. The Morgan fingerprint density at radius 2 is 1.76 bits per heavy atom. The molecule has 2 aliphatic heterocycles. The van der Waals surface area contributed by atoms with Crippen molar-refractivity contribution in [1.82, 2.24) is 9.21 Å². The number of benzene rings is 2. The molecule has 0 saturated carbocycles. The van der Waals surface area contributed by atoms with Crippen molar-refractivity contribution in [3.05, 3.63) is 53.1 Å². The first-order chi connectivity index (χ1) is 15.9. The molecular weight excluding hydrogens is 464 g/mol. The molecule has 33 heavy (non-hydrogen) atoms. The van der Waals surface area contributed by atoms with E-state index in [1.807, 2.05) is 12.1 Å². The number of halogens is 1. The van der Waals surface area contributed by atoms with Crippen molar-refractivity contribution >= 4 is 38.9 Å². The van der Waals surface area contributed by atoms with Crippen LogP contribution in [0.15, 0.2) is 47.4 Å². The van der Waals surface area contributed by atoms with Gasteiger partial charge in [0, 0.05) is 49.9 Å². The minimum absolute atomic E-state index is 0.0963. The Balaban J connectivity index is 1.54. The van der Waals surface area contributed by atoms with E-state index in [9.17, 15) is 13.2 Å². The number of anilines is 2. The Morgan fingerprint density at radius 3 is 2.45 bits per heavy atom. The van der Waals surface area contributed by atoms with Gasteiger partial charge in [0.2, 0.25) is 10.0 Å². The van der Waals surface area contributed by atoms with E-state index in [-0.39, 0.29) is 16.4 Å². The summed E-state index contributed by atoms with van der Waals surface area (Å²) in [4.78, 5) is 17.8. The number of hydrogen-bond acceptors (Lipinski definition) is 6. The zero-order valence-corrected chi connectivity index (χ0v) is 20.2. The molecular formula is C23H29ClN4O4S. The van der Waals surface area contributed by atoms with E-state index < -0.39 is 10.0 Å². The molecule has 0 aliphatic carbocycles. The largest absolute Gasteiger partial charge is 0.379 e. The molecule has 2 aliphatic rings. The van der Waals surface area contributed by atoms with Crippen LogP contribution in [-0.2, 0) is 14.8 Å². The molecule has 0 spiro atoms. The summed E-state index contributed by atoms with van der Waals surface area (Å²) in [6.45, 7) is 8.11. The normalized spacial score (nSPS) is 18.3. The first kappa shape index (κ1) is 24.0. The second-order valence-electron chi connectivity index (χ2n) is 8.08. The summed E-state index contributed by atoms with van der Waals surface area (Å²) >= 11 is 6.23. The van der Waals surface area contributed by atoms with Crippen molar-refractivity contribution in [2.75, 3.05) is 69.2 Å². The van der Waals surface area contributed by atoms with E-state index >= 15 is 0 Å². The van der Waals surface area contributed by atoms with Crippen LogP contribution in [-0.4, -0.2) is 82.6 Å². The summed E-state index contributed by atoms with van der Waals surface area (Å²) < 4.78 is 32.6. The molecule has 0 radical (unpaired) electrons. The fourth-order valence-electron chi connectivity index (χ4n) is 4.12. The Kier molecular flexibility index (Phi) is 7.55. The number of nitrogens with zero attached hydrogens (tertiary/aromatic N) is 3. The fourth-order valence-corrected chi connectivity index (χ4v) is 5.74. The lowest BCUT2D eigenvalue weighted by molar-refractivity contribution is 0.0730. The number of amides is 1. The number of sulfonamides is 1. The number of nitrogens with one attached hydrogen (secondary N) is 1. The molecule has 1 N–H and O–H groups in total. The Bertz CT molecular complexity index is 1100. The molecule has 10 heteroatoms. The van der Waals surface area contributed by atoms with Gasteiger partial charge < -0.3 is 19.9 Å². The highest BCUT2D eigenvalue weighted by atomic mass is 35.5. The van der Waals surface area contributed by atoms with Gasteiger partial charge in [0.1, 0.15) is 0 Å². The highest BCUT2D eigenvalue weighted by Crippen LogP contribution is 2.31. The number of hydrogen-bond donors (Lipinski definition) is 1. The molecule has 0 atom stereocenters. The monoisotopic (exact) mass is 492 g/mol. The lowest BCUT2D eigenvalue weighted by Gasteiger charge is -2.36. The summed E-state index contributed by atoms with van der Waals surface area (Å²) in [5.74, 6) is -0.385. The van der Waals surface area contributed by atoms with Crippen molar-refractivity contribution < 1.29 is 17.9 Å². The molecule has 178 valence electrons. The van der Waals surface area contributed by atoms with Crippen LogP contribution in [0.5, 0.6) is 0 Å². The summed E-state index contributed by atoms with van der Waals surface area (Å²) in [6, 6.07) is 11.6. The summed E-state index contributed by atoms with van der Waals surface area (Å²) in [5.41, 5.74) is 1.78. The highest BCUT2D eigenvalue weighted by Gasteiger charge is 2.27. The molecule has 8 nitrogen and oxygen atoms in total. The number of carbonyl (C=O) groups is 1. The highest BCUT2D eigenvalue weighted by molar-refractivity contribution is 7.89. The van der Waals surface area contributed by atoms with Crippen LogP contribution >= 0.6 is 11.6 Å². The standard InChI is InChI=1S/C23H29ClN4O4S/c1-2-26-8-10-27(11-9-26)22-7-6-19(24)17-21(22)25-23(29)18-4-3-5-20(16-18)33(30,31)28-12-14-32-15-13-28/h3-7,16-17H,2,8-15H2,1H3,(H,25,29). The van der Waals surface area contributed by atoms with E-state index in [0.717, 1.165) is 38.4 Å². The Morgan fingerprint density at radius 1 is 1.03 bits per heavy atom. The van der Waals surface area contributed by atoms with E-state index in [2.05, 4.69) is 22.0 Å². The first-order valence-corrected chi connectivity index (χ1v) is 13.0. The maximum atomic E-state index is 13.1. The number of morpholine rings is 1. The topological polar surface area (TPSA) is 82.2 Å². The van der Waals surface area contributed by atoms with Gasteiger partial charge >= 0.3 is 0 Å². The number of rotatable bonds is 6. The van der Waals surface area contributed by atoms with Crippen molar-refractivity contribution in [1.29, 1.82) is 0 Å². The predicted octanol–water partition coefficient (Wildman–Crippen LogP) is 2.76. The van der Waals surface area contributed by atoms with E-state index in [1.165, 1.54) is 16.4 Å². The number of piperazine rings is 1. The Hall–Kier alpha value is -2.17. The van der Waals surface area contributed by atoms with Gasteiger partial charge in [0.05, 0.1) is 29.5 Å². The molecule has 0 bridgehead atoms. The van der Waals surface area contributed by atoms with Gasteiger partial charge in [0.15, 0.2) is 0 Å². The zero-order chi connectivity index (χ0) is 23.4. The summed E-state index contributed by atoms with van der Waals surface area (Å²) in [6.07, 6.45) is 0. The lowest BCUT2D eigenvalue weighted by atomic mass is 10.1. The van der Waals surface area contributed by atoms with Crippen LogP contribution in [0.3, 0.4) is 0 Å². The summed E-state index contributed by atoms with van der Waals surface area (Å²) in [5, 5.41) is 3.46. The Labute approximate surface area is 200 Å². The van der Waals surface area contributed by atoms with Crippen molar-refractivity contribution in [2.45, 2.75) is 11.8 Å². The minimum Gasteiger partial charge on any atom is -0.379 e. The first-order valence-electron chi connectivity index (χ1n) is 11.1. The van der Waals surface area contributed by atoms with Crippen LogP contribution < -0.4 is 10.2 Å². The molecule has 2 fully saturated rings. The van der Waals surface area contributed by atoms with Gasteiger partial charge in [-0.15, -0.1) is 0 Å². The van der Waals surface area contributed by atoms with Crippen molar-refractivity contribution in [2.24, 2.45) is 0 Å². The molecule has 1 amide bonds. The van der Waals surface area contributed by atoms with Gasteiger partial charge in [-0.2, -0.15) is 4.31 Å². The molecule has 2 saturated heterocycles. The predicted molar refractivity (Wildman–Crippen MR) is 130 cm³/mol. The maximum Gasteiger partial charge on any atom is 0.255 e. The number of ether oxygens (including phenoxy) is 1. The summed E-state index contributed by atoms with van der Waals surface area (Å²) in [7, 11) is -3.69. The van der Waals surface area contributed by atoms with Gasteiger partial charge in [-0.3, -0.25) is 4.79 Å². The number of likely N-dealkylation sites (N-methyl/N-ethyl adjacent to an activating group) is 1. The van der Waals surface area contributed by atoms with Crippen LogP contribution in [0.4, 0.5) is 11.4 Å². The average Bonchev–Trinajstić information content (AvgIpc) is 2.85. The lowest BCUT2D eigenvalue weighted by Crippen LogP contribution is -2.46. The average molecular weight is 493 g/mol. The van der Waals surface area contributed by atoms with Crippen LogP contribution in [0.25, 0.3) is 0 Å². The molecule has 4 rings (SSSR count). The smallest absolute Gasteiger partial charge is 0.255 e.